The molecule has 0 spiro atoms. The van der Waals surface area contributed by atoms with E-state index in [9.17, 15) is 9.59 Å². The van der Waals surface area contributed by atoms with E-state index < -0.39 is 0 Å². The first-order valence-electron chi connectivity index (χ1n) is 8.83. The minimum Gasteiger partial charge on any atom is -0.350 e. The third kappa shape index (κ3) is 3.38. The fourth-order valence-electron chi connectivity index (χ4n) is 3.11. The van der Waals surface area contributed by atoms with Gasteiger partial charge >= 0.3 is 0 Å². The quantitative estimate of drug-likeness (QED) is 0.807. The first-order valence-corrected chi connectivity index (χ1v) is 9.81. The number of carbonyl (C=O) groups excluding carboxylic acids is 1. The molecule has 1 aliphatic carbocycles. The summed E-state index contributed by atoms with van der Waals surface area (Å²) in [5.41, 5.74) is 3.25. The number of carbonyl (C=O) groups is 1. The second kappa shape index (κ2) is 6.83. The maximum atomic E-state index is 12.5. The van der Waals surface area contributed by atoms with Gasteiger partial charge in [0.25, 0.3) is 5.56 Å². The van der Waals surface area contributed by atoms with Crippen LogP contribution in [0, 0.1) is 13.8 Å². The van der Waals surface area contributed by atoms with Gasteiger partial charge in [0.1, 0.15) is 6.33 Å². The lowest BCUT2D eigenvalue weighted by Crippen LogP contribution is -2.32. The highest BCUT2D eigenvalue weighted by Gasteiger charge is 2.28. The summed E-state index contributed by atoms with van der Waals surface area (Å²) in [5.74, 6) is 1.17. The van der Waals surface area contributed by atoms with Crippen molar-refractivity contribution in [3.05, 3.63) is 45.4 Å². The predicted molar refractivity (Wildman–Crippen MR) is 98.2 cm³/mol. The number of hydrogen-bond donors (Lipinski definition) is 1. The molecule has 1 aliphatic heterocycles. The Kier molecular flexibility index (Phi) is 4.52. The molecule has 0 aromatic carbocycles. The van der Waals surface area contributed by atoms with E-state index in [-0.39, 0.29) is 23.9 Å². The van der Waals surface area contributed by atoms with Crippen molar-refractivity contribution in [1.82, 2.24) is 24.8 Å². The molecule has 2 aromatic rings. The number of aryl methyl sites for hydroxylation is 1. The number of nitrogens with zero attached hydrogens (tertiary/aromatic N) is 4. The van der Waals surface area contributed by atoms with Gasteiger partial charge in [0, 0.05) is 35.0 Å². The van der Waals surface area contributed by atoms with E-state index in [4.69, 9.17) is 0 Å². The summed E-state index contributed by atoms with van der Waals surface area (Å²) in [4.78, 5) is 37.9. The molecule has 2 aromatic heterocycles. The summed E-state index contributed by atoms with van der Waals surface area (Å²) in [7, 11) is 0. The van der Waals surface area contributed by atoms with Gasteiger partial charge < -0.3 is 5.32 Å². The van der Waals surface area contributed by atoms with Gasteiger partial charge in [0.15, 0.2) is 5.16 Å². The van der Waals surface area contributed by atoms with Crippen LogP contribution in [-0.2, 0) is 11.3 Å². The molecule has 8 heteroatoms. The second-order valence-electron chi connectivity index (χ2n) is 6.93. The molecule has 1 saturated carbocycles. The maximum absolute atomic E-state index is 12.5. The van der Waals surface area contributed by atoms with Crippen LogP contribution < -0.4 is 10.9 Å². The highest BCUT2D eigenvalue weighted by atomic mass is 32.2. The fourth-order valence-corrected chi connectivity index (χ4v) is 4.29. The highest BCUT2D eigenvalue weighted by molar-refractivity contribution is 7.99. The Morgan fingerprint density at radius 1 is 1.35 bits per heavy atom. The van der Waals surface area contributed by atoms with Gasteiger partial charge in [0.2, 0.25) is 5.91 Å². The molecule has 0 saturated heterocycles. The molecule has 0 bridgehead atoms. The van der Waals surface area contributed by atoms with Crippen molar-refractivity contribution < 1.29 is 4.79 Å². The van der Waals surface area contributed by atoms with Gasteiger partial charge in [-0.1, -0.05) is 11.8 Å². The molecule has 3 heterocycles. The average Bonchev–Trinajstić information content (AvgIpc) is 3.41. The SMILES string of the molecule is Cc1nc2n(c(=O)c1C)C(CC(=O)NCc1cc(C3CC3)ncn1)CS2. The number of fused-ring (bicyclic) bond motifs is 1. The number of aromatic nitrogens is 4. The Labute approximate surface area is 155 Å². The zero-order chi connectivity index (χ0) is 18.3. The summed E-state index contributed by atoms with van der Waals surface area (Å²) in [6, 6.07) is 1.82. The molecule has 1 atom stereocenters. The van der Waals surface area contributed by atoms with E-state index in [1.165, 1.54) is 24.6 Å². The van der Waals surface area contributed by atoms with Crippen molar-refractivity contribution in [2.24, 2.45) is 0 Å². The molecule has 26 heavy (non-hydrogen) atoms. The topological polar surface area (TPSA) is 89.8 Å². The van der Waals surface area contributed by atoms with E-state index >= 15 is 0 Å². The largest absolute Gasteiger partial charge is 0.350 e. The van der Waals surface area contributed by atoms with Gasteiger partial charge in [-0.3, -0.25) is 14.2 Å². The first kappa shape index (κ1) is 17.2. The van der Waals surface area contributed by atoms with Crippen molar-refractivity contribution >= 4 is 17.7 Å². The molecular weight excluding hydrogens is 350 g/mol. The molecule has 1 fully saturated rings. The normalized spacial score (nSPS) is 18.6. The standard InChI is InChI=1S/C18H21N5O2S/c1-10-11(2)22-18-23(17(10)25)14(8-26-18)6-16(24)19-7-13-5-15(12-3-4-12)21-9-20-13/h5,9,12,14H,3-4,6-8H2,1-2H3,(H,19,24). The van der Waals surface area contributed by atoms with Crippen molar-refractivity contribution in [2.75, 3.05) is 5.75 Å². The van der Waals surface area contributed by atoms with Gasteiger partial charge in [-0.05, 0) is 32.8 Å². The maximum Gasteiger partial charge on any atom is 0.257 e. The summed E-state index contributed by atoms with van der Waals surface area (Å²) < 4.78 is 1.67. The van der Waals surface area contributed by atoms with Crippen LogP contribution in [0.15, 0.2) is 22.3 Å². The average molecular weight is 371 g/mol. The Bertz CT molecular complexity index is 922. The van der Waals surface area contributed by atoms with Crippen LogP contribution in [-0.4, -0.2) is 31.2 Å². The number of rotatable bonds is 5. The number of hydrogen-bond acceptors (Lipinski definition) is 6. The van der Waals surface area contributed by atoms with E-state index in [1.807, 2.05) is 13.0 Å². The smallest absolute Gasteiger partial charge is 0.257 e. The van der Waals surface area contributed by atoms with E-state index in [2.05, 4.69) is 20.3 Å². The number of thioether (sulfide) groups is 1. The molecule has 1 amide bonds. The summed E-state index contributed by atoms with van der Waals surface area (Å²) >= 11 is 1.53. The second-order valence-corrected chi connectivity index (χ2v) is 7.92. The van der Waals surface area contributed by atoms with E-state index in [1.54, 1.807) is 17.8 Å². The summed E-state index contributed by atoms with van der Waals surface area (Å²) in [6.45, 7) is 4.01. The third-order valence-electron chi connectivity index (χ3n) is 4.95. The van der Waals surface area contributed by atoms with Crippen molar-refractivity contribution in [2.45, 2.75) is 56.8 Å². The first-order chi connectivity index (χ1) is 12.5. The van der Waals surface area contributed by atoms with Gasteiger partial charge in [-0.15, -0.1) is 0 Å². The van der Waals surface area contributed by atoms with Crippen molar-refractivity contribution in [3.63, 3.8) is 0 Å². The zero-order valence-electron chi connectivity index (χ0n) is 14.9. The Morgan fingerprint density at radius 3 is 2.92 bits per heavy atom. The number of nitrogens with one attached hydrogen (secondary N) is 1. The van der Waals surface area contributed by atoms with Crippen LogP contribution in [0.25, 0.3) is 0 Å². The summed E-state index contributed by atoms with van der Waals surface area (Å²) in [6.07, 6.45) is 4.20. The molecule has 7 nitrogen and oxygen atoms in total. The van der Waals surface area contributed by atoms with Crippen LogP contribution in [0.5, 0.6) is 0 Å². The molecule has 4 rings (SSSR count). The number of amides is 1. The molecule has 136 valence electrons. The molecule has 0 radical (unpaired) electrons. The predicted octanol–water partition coefficient (Wildman–Crippen LogP) is 1.88. The van der Waals surface area contributed by atoms with Gasteiger partial charge in [-0.25, -0.2) is 15.0 Å². The molecule has 1 N–H and O–H groups in total. The Balaban J connectivity index is 1.40. The van der Waals surface area contributed by atoms with Crippen LogP contribution in [0.3, 0.4) is 0 Å². The molecular formula is C18H21N5O2S. The van der Waals surface area contributed by atoms with E-state index in [0.29, 0.717) is 28.9 Å². The van der Waals surface area contributed by atoms with Crippen LogP contribution in [0.2, 0.25) is 0 Å². The molecule has 2 aliphatic rings. The fraction of sp³-hybridized carbons (Fsp3) is 0.500. The van der Waals surface area contributed by atoms with E-state index in [0.717, 1.165) is 17.1 Å². The van der Waals surface area contributed by atoms with Crippen molar-refractivity contribution in [3.8, 4) is 0 Å². The van der Waals surface area contributed by atoms with Crippen LogP contribution in [0.1, 0.15) is 53.9 Å². The monoisotopic (exact) mass is 371 g/mol. The van der Waals surface area contributed by atoms with Crippen molar-refractivity contribution in [1.29, 1.82) is 0 Å². The third-order valence-corrected chi connectivity index (χ3v) is 6.05. The lowest BCUT2D eigenvalue weighted by molar-refractivity contribution is -0.121. The molecule has 1 unspecified atom stereocenters. The van der Waals surface area contributed by atoms with Gasteiger partial charge in [0.05, 0.1) is 18.3 Å². The Hall–Kier alpha value is -2.22. The minimum atomic E-state index is -0.151. The van der Waals surface area contributed by atoms with Crippen LogP contribution >= 0.6 is 11.8 Å². The lowest BCUT2D eigenvalue weighted by atomic mass is 10.2. The summed E-state index contributed by atoms with van der Waals surface area (Å²) in [5, 5.41) is 3.62. The Morgan fingerprint density at radius 2 is 2.15 bits per heavy atom. The van der Waals surface area contributed by atoms with Gasteiger partial charge in [-0.2, -0.15) is 0 Å². The minimum absolute atomic E-state index is 0.0415. The lowest BCUT2D eigenvalue weighted by Gasteiger charge is -2.14. The van der Waals surface area contributed by atoms with Crippen LogP contribution in [0.4, 0.5) is 0 Å². The zero-order valence-corrected chi connectivity index (χ0v) is 15.7. The highest BCUT2D eigenvalue weighted by Crippen LogP contribution is 2.38.